The standard InChI is InChI=1S/C11H6BrN3O5S/c12-7-3-5(15(19)20)1-4(8(7)16)2-6-9(17)13-11(21)14-10(6)18/h1-3,16H,(H2,13,14,17,18,21). The lowest BCUT2D eigenvalue weighted by Crippen LogP contribution is -2.51. The van der Waals surface area contributed by atoms with E-state index in [9.17, 15) is 24.8 Å². The van der Waals surface area contributed by atoms with Crippen molar-refractivity contribution in [3.05, 3.63) is 37.9 Å². The molecule has 0 unspecified atom stereocenters. The summed E-state index contributed by atoms with van der Waals surface area (Å²) in [5.74, 6) is -1.85. The predicted molar refractivity (Wildman–Crippen MR) is 79.3 cm³/mol. The molecule has 0 aromatic heterocycles. The summed E-state index contributed by atoms with van der Waals surface area (Å²) < 4.78 is 0.0655. The maximum atomic E-state index is 11.7. The molecule has 1 aliphatic rings. The smallest absolute Gasteiger partial charge is 0.271 e. The quantitative estimate of drug-likeness (QED) is 0.234. The van der Waals surface area contributed by atoms with Crippen LogP contribution >= 0.6 is 28.1 Å². The summed E-state index contributed by atoms with van der Waals surface area (Å²) in [6, 6.07) is 2.15. The Morgan fingerprint density at radius 2 is 1.86 bits per heavy atom. The zero-order valence-corrected chi connectivity index (χ0v) is 12.4. The van der Waals surface area contributed by atoms with Crippen LogP contribution in [0, 0.1) is 10.1 Å². The van der Waals surface area contributed by atoms with Gasteiger partial charge >= 0.3 is 0 Å². The molecule has 1 heterocycles. The second kappa shape index (κ2) is 5.58. The minimum atomic E-state index is -0.759. The molecule has 1 aliphatic heterocycles. The molecule has 2 amide bonds. The highest BCUT2D eigenvalue weighted by Crippen LogP contribution is 2.34. The van der Waals surface area contributed by atoms with Gasteiger partial charge in [0, 0.05) is 17.7 Å². The average molecular weight is 372 g/mol. The summed E-state index contributed by atoms with van der Waals surface area (Å²) in [7, 11) is 0. The zero-order chi connectivity index (χ0) is 15.7. The Labute approximate surface area is 131 Å². The molecule has 3 N–H and O–H groups in total. The van der Waals surface area contributed by atoms with E-state index in [4.69, 9.17) is 0 Å². The Balaban J connectivity index is 2.54. The first-order valence-corrected chi connectivity index (χ1v) is 6.55. The molecule has 0 spiro atoms. The van der Waals surface area contributed by atoms with Crippen molar-refractivity contribution in [2.75, 3.05) is 0 Å². The van der Waals surface area contributed by atoms with Gasteiger partial charge in [0.05, 0.1) is 9.40 Å². The van der Waals surface area contributed by atoms with Gasteiger partial charge in [-0.25, -0.2) is 0 Å². The fraction of sp³-hybridized carbons (Fsp3) is 0. The van der Waals surface area contributed by atoms with Gasteiger partial charge in [0.1, 0.15) is 11.3 Å². The lowest BCUT2D eigenvalue weighted by atomic mass is 10.1. The number of thiocarbonyl (C=S) groups is 1. The molecule has 2 rings (SSSR count). The van der Waals surface area contributed by atoms with E-state index in [1.54, 1.807) is 0 Å². The summed E-state index contributed by atoms with van der Waals surface area (Å²) in [5, 5.41) is 24.9. The number of nitro groups is 1. The summed E-state index contributed by atoms with van der Waals surface area (Å²) >= 11 is 7.61. The van der Waals surface area contributed by atoms with Crippen molar-refractivity contribution in [3.63, 3.8) is 0 Å². The molecule has 10 heteroatoms. The third-order valence-electron chi connectivity index (χ3n) is 2.53. The monoisotopic (exact) mass is 371 g/mol. The van der Waals surface area contributed by atoms with Gasteiger partial charge in [-0.2, -0.15) is 0 Å². The van der Waals surface area contributed by atoms with Crippen molar-refractivity contribution in [1.82, 2.24) is 10.6 Å². The van der Waals surface area contributed by atoms with Gasteiger partial charge in [0.2, 0.25) is 0 Å². The van der Waals surface area contributed by atoms with E-state index in [2.05, 4.69) is 38.8 Å². The summed E-state index contributed by atoms with van der Waals surface area (Å²) in [6.45, 7) is 0. The predicted octanol–water partition coefficient (Wildman–Crippen LogP) is 0.977. The van der Waals surface area contributed by atoms with Crippen molar-refractivity contribution in [2.45, 2.75) is 0 Å². The first-order valence-electron chi connectivity index (χ1n) is 5.35. The lowest BCUT2D eigenvalue weighted by Gasteiger charge is -2.16. The van der Waals surface area contributed by atoms with Crippen molar-refractivity contribution < 1.29 is 19.6 Å². The van der Waals surface area contributed by atoms with Crippen LogP contribution in [0.1, 0.15) is 5.56 Å². The van der Waals surface area contributed by atoms with E-state index in [0.717, 1.165) is 18.2 Å². The Kier molecular flexibility index (Phi) is 4.00. The average Bonchev–Trinajstić information content (AvgIpc) is 2.37. The number of nitrogens with one attached hydrogen (secondary N) is 2. The van der Waals surface area contributed by atoms with Gasteiger partial charge in [-0.05, 0) is 34.2 Å². The van der Waals surface area contributed by atoms with Gasteiger partial charge in [-0.3, -0.25) is 30.3 Å². The number of hydrogen-bond acceptors (Lipinski definition) is 6. The van der Waals surface area contributed by atoms with E-state index in [1.165, 1.54) is 0 Å². The second-order valence-corrected chi connectivity index (χ2v) is 5.18. The molecule has 0 atom stereocenters. The molecule has 0 aliphatic carbocycles. The molecule has 1 aromatic carbocycles. The minimum Gasteiger partial charge on any atom is -0.506 e. The molecule has 21 heavy (non-hydrogen) atoms. The van der Waals surface area contributed by atoms with Gasteiger partial charge < -0.3 is 5.11 Å². The zero-order valence-electron chi connectivity index (χ0n) is 10.0. The van der Waals surface area contributed by atoms with E-state index in [-0.39, 0.29) is 32.2 Å². The third-order valence-corrected chi connectivity index (χ3v) is 3.34. The highest BCUT2D eigenvalue weighted by Gasteiger charge is 2.26. The molecule has 108 valence electrons. The molecule has 1 aromatic rings. The maximum Gasteiger partial charge on any atom is 0.271 e. The first kappa shape index (κ1) is 15.1. The number of phenolic OH excluding ortho intramolecular Hbond substituents is 1. The van der Waals surface area contributed by atoms with Crippen LogP contribution in [0.2, 0.25) is 0 Å². The SMILES string of the molecule is O=C1NC(=S)NC(=O)C1=Cc1cc([N+](=O)[O-])cc(Br)c1O. The molecular formula is C11H6BrN3O5S. The number of phenols is 1. The third kappa shape index (κ3) is 3.06. The van der Waals surface area contributed by atoms with E-state index < -0.39 is 16.7 Å². The Hall–Kier alpha value is -2.33. The van der Waals surface area contributed by atoms with E-state index in [1.807, 2.05) is 0 Å². The maximum absolute atomic E-state index is 11.7. The molecule has 0 saturated carbocycles. The van der Waals surface area contributed by atoms with Crippen LogP contribution < -0.4 is 10.6 Å². The number of rotatable bonds is 2. The molecule has 1 saturated heterocycles. The molecular weight excluding hydrogens is 366 g/mol. The Morgan fingerprint density at radius 1 is 1.29 bits per heavy atom. The molecule has 0 radical (unpaired) electrons. The number of non-ortho nitro benzene ring substituents is 1. The van der Waals surface area contributed by atoms with Crippen LogP contribution in [0.4, 0.5) is 5.69 Å². The number of carbonyl (C=O) groups is 2. The van der Waals surface area contributed by atoms with Crippen LogP contribution in [0.25, 0.3) is 6.08 Å². The number of nitro benzene ring substituents is 1. The van der Waals surface area contributed by atoms with Crippen LogP contribution in [0.5, 0.6) is 5.75 Å². The second-order valence-electron chi connectivity index (χ2n) is 3.92. The molecule has 0 bridgehead atoms. The largest absolute Gasteiger partial charge is 0.506 e. The van der Waals surface area contributed by atoms with Crippen LogP contribution in [0.3, 0.4) is 0 Å². The number of nitrogens with zero attached hydrogens (tertiary/aromatic N) is 1. The lowest BCUT2D eigenvalue weighted by molar-refractivity contribution is -0.385. The van der Waals surface area contributed by atoms with E-state index in [0.29, 0.717) is 0 Å². The fourth-order valence-electron chi connectivity index (χ4n) is 1.58. The van der Waals surface area contributed by atoms with Crippen LogP contribution in [0.15, 0.2) is 22.2 Å². The van der Waals surface area contributed by atoms with E-state index >= 15 is 0 Å². The summed E-state index contributed by atoms with van der Waals surface area (Å²) in [5.41, 5.74) is -0.686. The van der Waals surface area contributed by atoms with Crippen molar-refractivity contribution in [1.29, 1.82) is 0 Å². The van der Waals surface area contributed by atoms with Crippen LogP contribution in [-0.2, 0) is 9.59 Å². The Bertz CT molecular complexity index is 709. The minimum absolute atomic E-state index is 0.0517. The number of carbonyl (C=O) groups excluding carboxylic acids is 2. The number of benzene rings is 1. The van der Waals surface area contributed by atoms with Crippen molar-refractivity contribution in [2.24, 2.45) is 0 Å². The molecule has 1 fully saturated rings. The fourth-order valence-corrected chi connectivity index (χ4v) is 2.23. The number of amides is 2. The number of hydrogen-bond donors (Lipinski definition) is 3. The number of aromatic hydroxyl groups is 1. The van der Waals surface area contributed by atoms with Gasteiger partial charge in [0.15, 0.2) is 5.11 Å². The highest BCUT2D eigenvalue weighted by molar-refractivity contribution is 9.10. The summed E-state index contributed by atoms with van der Waals surface area (Å²) in [6.07, 6.45) is 1.04. The molecule has 8 nitrogen and oxygen atoms in total. The normalized spacial score (nSPS) is 14.5. The van der Waals surface area contributed by atoms with Gasteiger partial charge in [-0.1, -0.05) is 0 Å². The number of halogens is 1. The van der Waals surface area contributed by atoms with Crippen molar-refractivity contribution >= 4 is 56.8 Å². The first-order chi connectivity index (χ1) is 9.79. The topological polar surface area (TPSA) is 122 Å². The highest BCUT2D eigenvalue weighted by atomic mass is 79.9. The van der Waals surface area contributed by atoms with Gasteiger partial charge in [0.25, 0.3) is 17.5 Å². The summed E-state index contributed by atoms with van der Waals surface area (Å²) in [4.78, 5) is 33.5. The van der Waals surface area contributed by atoms with Crippen molar-refractivity contribution in [3.8, 4) is 5.75 Å². The Morgan fingerprint density at radius 3 is 2.38 bits per heavy atom. The van der Waals surface area contributed by atoms with Crippen LogP contribution in [-0.4, -0.2) is 27.0 Å². The van der Waals surface area contributed by atoms with Gasteiger partial charge in [-0.15, -0.1) is 0 Å².